The highest BCUT2D eigenvalue weighted by Gasteiger charge is 2.19. The Kier molecular flexibility index (Phi) is 6.51. The molecule has 3 heteroatoms. The number of ether oxygens (including phenoxy) is 1. The smallest absolute Gasteiger partial charge is 0.0716 e. The lowest BCUT2D eigenvalue weighted by Gasteiger charge is -2.19. The number of nitrogens with one attached hydrogen (secondary N) is 1. The molecule has 20 heavy (non-hydrogen) atoms. The molecule has 0 bridgehead atoms. The van der Waals surface area contributed by atoms with Crippen LogP contribution in [-0.4, -0.2) is 37.7 Å². The van der Waals surface area contributed by atoms with Crippen molar-refractivity contribution >= 4 is 0 Å². The van der Waals surface area contributed by atoms with Gasteiger partial charge in [-0.05, 0) is 50.5 Å². The van der Waals surface area contributed by atoms with E-state index in [1.807, 2.05) is 0 Å². The van der Waals surface area contributed by atoms with Gasteiger partial charge in [-0.15, -0.1) is 0 Å². The summed E-state index contributed by atoms with van der Waals surface area (Å²) in [7, 11) is 2.22. The minimum absolute atomic E-state index is 0.732. The van der Waals surface area contributed by atoms with E-state index in [2.05, 4.69) is 48.5 Å². The van der Waals surface area contributed by atoms with Crippen LogP contribution in [0.5, 0.6) is 0 Å². The summed E-state index contributed by atoms with van der Waals surface area (Å²) in [5, 5.41) is 3.35. The predicted molar refractivity (Wildman–Crippen MR) is 83.7 cm³/mol. The first-order valence-electron chi connectivity index (χ1n) is 7.86. The number of hydrogen-bond acceptors (Lipinski definition) is 3. The fourth-order valence-electron chi connectivity index (χ4n) is 2.85. The molecule has 0 spiro atoms. The van der Waals surface area contributed by atoms with Gasteiger partial charge in [0.05, 0.1) is 6.61 Å². The summed E-state index contributed by atoms with van der Waals surface area (Å²) in [5.41, 5.74) is 2.61. The molecule has 1 saturated heterocycles. The highest BCUT2D eigenvalue weighted by Crippen LogP contribution is 2.17. The number of nitrogens with zero attached hydrogens (tertiary/aromatic N) is 1. The van der Waals surface area contributed by atoms with Gasteiger partial charge in [0.25, 0.3) is 0 Å². The Hall–Kier alpha value is -0.900. The average Bonchev–Trinajstić information content (AvgIpc) is 2.87. The SMILES string of the molecule is CCNCc1cccc(COCCC2CCCN2C)c1. The molecule has 0 radical (unpaired) electrons. The number of rotatable bonds is 8. The molecule has 1 N–H and O–H groups in total. The Bertz CT molecular complexity index is 394. The van der Waals surface area contributed by atoms with Gasteiger partial charge in [0.15, 0.2) is 0 Å². The van der Waals surface area contributed by atoms with Crippen LogP contribution in [0, 0.1) is 0 Å². The molecular formula is C17H28N2O. The van der Waals surface area contributed by atoms with Gasteiger partial charge in [-0.25, -0.2) is 0 Å². The zero-order valence-corrected chi connectivity index (χ0v) is 12.9. The van der Waals surface area contributed by atoms with Crippen molar-refractivity contribution in [2.45, 2.75) is 45.4 Å². The molecule has 0 aromatic heterocycles. The topological polar surface area (TPSA) is 24.5 Å². The van der Waals surface area contributed by atoms with Crippen LogP contribution in [0.2, 0.25) is 0 Å². The van der Waals surface area contributed by atoms with Gasteiger partial charge in [0, 0.05) is 19.2 Å². The van der Waals surface area contributed by atoms with Crippen LogP contribution in [0.3, 0.4) is 0 Å². The first-order valence-corrected chi connectivity index (χ1v) is 7.86. The molecule has 1 atom stereocenters. The molecule has 3 nitrogen and oxygen atoms in total. The summed E-state index contributed by atoms with van der Waals surface area (Å²) in [6, 6.07) is 9.41. The van der Waals surface area contributed by atoms with E-state index in [0.29, 0.717) is 0 Å². The Labute approximate surface area is 123 Å². The van der Waals surface area contributed by atoms with E-state index in [0.717, 1.165) is 38.8 Å². The van der Waals surface area contributed by atoms with Crippen LogP contribution < -0.4 is 5.32 Å². The van der Waals surface area contributed by atoms with Gasteiger partial charge in [-0.3, -0.25) is 0 Å². The second-order valence-corrected chi connectivity index (χ2v) is 5.72. The molecule has 2 rings (SSSR count). The van der Waals surface area contributed by atoms with E-state index in [1.165, 1.54) is 30.5 Å². The second-order valence-electron chi connectivity index (χ2n) is 5.72. The lowest BCUT2D eigenvalue weighted by molar-refractivity contribution is 0.101. The quantitative estimate of drug-likeness (QED) is 0.739. The first kappa shape index (κ1) is 15.5. The fraction of sp³-hybridized carbons (Fsp3) is 0.647. The van der Waals surface area contributed by atoms with E-state index >= 15 is 0 Å². The van der Waals surface area contributed by atoms with Crippen LogP contribution in [0.4, 0.5) is 0 Å². The molecule has 1 fully saturated rings. The predicted octanol–water partition coefficient (Wildman–Crippen LogP) is 2.80. The third-order valence-electron chi connectivity index (χ3n) is 4.11. The largest absolute Gasteiger partial charge is 0.377 e. The minimum Gasteiger partial charge on any atom is -0.377 e. The molecule has 1 heterocycles. The summed E-state index contributed by atoms with van der Waals surface area (Å²) in [6.07, 6.45) is 3.83. The summed E-state index contributed by atoms with van der Waals surface area (Å²) >= 11 is 0. The monoisotopic (exact) mass is 276 g/mol. The molecule has 0 saturated carbocycles. The van der Waals surface area contributed by atoms with Crippen molar-refractivity contribution in [1.82, 2.24) is 10.2 Å². The maximum Gasteiger partial charge on any atom is 0.0716 e. The van der Waals surface area contributed by atoms with Crippen LogP contribution in [0.25, 0.3) is 0 Å². The van der Waals surface area contributed by atoms with Gasteiger partial charge in [-0.1, -0.05) is 31.2 Å². The molecule has 1 aliphatic rings. The summed E-state index contributed by atoms with van der Waals surface area (Å²) in [4.78, 5) is 2.46. The van der Waals surface area contributed by atoms with E-state index in [9.17, 15) is 0 Å². The normalized spacial score (nSPS) is 19.6. The Morgan fingerprint density at radius 2 is 2.20 bits per heavy atom. The van der Waals surface area contributed by atoms with Crippen molar-refractivity contribution in [3.05, 3.63) is 35.4 Å². The van der Waals surface area contributed by atoms with Crippen LogP contribution in [0.1, 0.15) is 37.3 Å². The Morgan fingerprint density at radius 3 is 2.95 bits per heavy atom. The molecule has 1 unspecified atom stereocenters. The first-order chi connectivity index (χ1) is 9.79. The molecule has 1 aromatic carbocycles. The number of likely N-dealkylation sites (tertiary alicyclic amines) is 1. The van der Waals surface area contributed by atoms with Gasteiger partial charge in [0.2, 0.25) is 0 Å². The summed E-state index contributed by atoms with van der Waals surface area (Å²) < 4.78 is 5.84. The van der Waals surface area contributed by atoms with Crippen molar-refractivity contribution in [3.63, 3.8) is 0 Å². The molecule has 0 aliphatic carbocycles. The van der Waals surface area contributed by atoms with E-state index in [-0.39, 0.29) is 0 Å². The molecule has 1 aliphatic heterocycles. The van der Waals surface area contributed by atoms with Crippen molar-refractivity contribution < 1.29 is 4.74 Å². The average molecular weight is 276 g/mol. The van der Waals surface area contributed by atoms with Gasteiger partial charge < -0.3 is 15.0 Å². The van der Waals surface area contributed by atoms with Crippen LogP contribution >= 0.6 is 0 Å². The van der Waals surface area contributed by atoms with Crippen LogP contribution in [0.15, 0.2) is 24.3 Å². The molecule has 0 amide bonds. The van der Waals surface area contributed by atoms with E-state index in [1.54, 1.807) is 0 Å². The minimum atomic E-state index is 0.732. The Balaban J connectivity index is 1.68. The lowest BCUT2D eigenvalue weighted by atomic mass is 10.1. The third-order valence-corrected chi connectivity index (χ3v) is 4.11. The molecule has 1 aromatic rings. The zero-order valence-electron chi connectivity index (χ0n) is 12.9. The highest BCUT2D eigenvalue weighted by atomic mass is 16.5. The molecule has 112 valence electrons. The number of benzene rings is 1. The van der Waals surface area contributed by atoms with Gasteiger partial charge in [-0.2, -0.15) is 0 Å². The maximum absolute atomic E-state index is 5.84. The lowest BCUT2D eigenvalue weighted by Crippen LogP contribution is -2.26. The van der Waals surface area contributed by atoms with Gasteiger partial charge >= 0.3 is 0 Å². The zero-order chi connectivity index (χ0) is 14.2. The van der Waals surface area contributed by atoms with Crippen molar-refractivity contribution in [2.75, 3.05) is 26.7 Å². The van der Waals surface area contributed by atoms with Crippen molar-refractivity contribution in [1.29, 1.82) is 0 Å². The van der Waals surface area contributed by atoms with Gasteiger partial charge in [0.1, 0.15) is 0 Å². The van der Waals surface area contributed by atoms with Crippen molar-refractivity contribution in [3.8, 4) is 0 Å². The number of hydrogen-bond donors (Lipinski definition) is 1. The standard InChI is InChI=1S/C17H28N2O/c1-3-18-13-15-6-4-7-16(12-15)14-20-11-9-17-8-5-10-19(17)2/h4,6-7,12,17-18H,3,5,8-11,13-14H2,1-2H3. The second kappa shape index (κ2) is 8.40. The molecular weight excluding hydrogens is 248 g/mol. The van der Waals surface area contributed by atoms with E-state index in [4.69, 9.17) is 4.74 Å². The van der Waals surface area contributed by atoms with Crippen molar-refractivity contribution in [2.24, 2.45) is 0 Å². The van der Waals surface area contributed by atoms with E-state index < -0.39 is 0 Å². The Morgan fingerprint density at radius 1 is 1.35 bits per heavy atom. The third kappa shape index (κ3) is 4.89. The summed E-state index contributed by atoms with van der Waals surface area (Å²) in [6.45, 7) is 6.93. The maximum atomic E-state index is 5.84. The fourth-order valence-corrected chi connectivity index (χ4v) is 2.85. The van der Waals surface area contributed by atoms with Crippen LogP contribution in [-0.2, 0) is 17.9 Å². The summed E-state index contributed by atoms with van der Waals surface area (Å²) in [5.74, 6) is 0. The highest BCUT2D eigenvalue weighted by molar-refractivity contribution is 5.22.